The standard InChI is InChI=1S/C21H19N3O8/c1-11(23-19(26)14-6-4-5-7-15(14)20(23)27)21(28)32-12(2)18(25)22-16-10-13(24(29)30)8-9-17(16)31-3/h4-12H,1-3H3,(H,22,25)/t11-,12+/m1/s1. The van der Waals surface area contributed by atoms with Crippen molar-refractivity contribution in [2.75, 3.05) is 12.4 Å². The molecule has 11 nitrogen and oxygen atoms in total. The molecule has 0 unspecified atom stereocenters. The number of fused-ring (bicyclic) bond motifs is 1. The number of carbonyl (C=O) groups excluding carboxylic acids is 4. The second kappa shape index (κ2) is 8.84. The lowest BCUT2D eigenvalue weighted by Gasteiger charge is -2.23. The fourth-order valence-electron chi connectivity index (χ4n) is 3.13. The summed E-state index contributed by atoms with van der Waals surface area (Å²) in [5.41, 5.74) is 0.106. The number of hydrogen-bond acceptors (Lipinski definition) is 8. The Bertz CT molecular complexity index is 1090. The molecule has 0 fully saturated rings. The summed E-state index contributed by atoms with van der Waals surface area (Å²) < 4.78 is 10.2. The molecule has 166 valence electrons. The van der Waals surface area contributed by atoms with E-state index in [1.807, 2.05) is 0 Å². The average molecular weight is 441 g/mol. The third kappa shape index (κ3) is 4.13. The largest absolute Gasteiger partial charge is 0.495 e. The molecule has 0 saturated carbocycles. The zero-order valence-electron chi connectivity index (χ0n) is 17.4. The molecule has 3 rings (SSSR count). The first-order chi connectivity index (χ1) is 15.1. The highest BCUT2D eigenvalue weighted by atomic mass is 16.6. The van der Waals surface area contributed by atoms with Gasteiger partial charge in [0.25, 0.3) is 23.4 Å². The van der Waals surface area contributed by atoms with Crippen molar-refractivity contribution in [3.05, 3.63) is 63.7 Å². The molecule has 32 heavy (non-hydrogen) atoms. The Labute approximate surface area is 182 Å². The molecule has 3 amide bonds. The van der Waals surface area contributed by atoms with E-state index in [0.29, 0.717) is 0 Å². The fraction of sp³-hybridized carbons (Fsp3) is 0.238. The molecule has 2 atom stereocenters. The van der Waals surface area contributed by atoms with E-state index in [2.05, 4.69) is 5.32 Å². The third-order valence-corrected chi connectivity index (χ3v) is 4.87. The summed E-state index contributed by atoms with van der Waals surface area (Å²) in [5.74, 6) is -2.84. The number of ether oxygens (including phenoxy) is 2. The van der Waals surface area contributed by atoms with Gasteiger partial charge in [-0.15, -0.1) is 0 Å². The highest BCUT2D eigenvalue weighted by Crippen LogP contribution is 2.29. The number of nitro benzene ring substituents is 1. The topological polar surface area (TPSA) is 145 Å². The second-order valence-corrected chi connectivity index (χ2v) is 6.91. The van der Waals surface area contributed by atoms with Crippen LogP contribution in [0.1, 0.15) is 34.6 Å². The van der Waals surface area contributed by atoms with E-state index in [-0.39, 0.29) is 28.3 Å². The number of hydrogen-bond donors (Lipinski definition) is 1. The van der Waals surface area contributed by atoms with Crippen molar-refractivity contribution in [3.8, 4) is 5.75 Å². The molecular weight excluding hydrogens is 422 g/mol. The second-order valence-electron chi connectivity index (χ2n) is 6.91. The first-order valence-corrected chi connectivity index (χ1v) is 9.46. The van der Waals surface area contributed by atoms with Crippen LogP contribution in [0.3, 0.4) is 0 Å². The Balaban J connectivity index is 1.69. The van der Waals surface area contributed by atoms with Crippen molar-refractivity contribution < 1.29 is 33.6 Å². The minimum atomic E-state index is -1.33. The van der Waals surface area contributed by atoms with E-state index in [4.69, 9.17) is 9.47 Å². The zero-order chi connectivity index (χ0) is 23.6. The number of non-ortho nitro benzene ring substituents is 1. The Morgan fingerprint density at radius 2 is 1.66 bits per heavy atom. The molecule has 1 aliphatic heterocycles. The average Bonchev–Trinajstić information content (AvgIpc) is 3.03. The summed E-state index contributed by atoms with van der Waals surface area (Å²) >= 11 is 0. The van der Waals surface area contributed by atoms with Crippen LogP contribution in [0, 0.1) is 10.1 Å². The molecule has 0 spiro atoms. The number of amides is 3. The maximum absolute atomic E-state index is 12.5. The molecule has 11 heteroatoms. The summed E-state index contributed by atoms with van der Waals surface area (Å²) in [5, 5.41) is 13.4. The number of anilines is 1. The lowest BCUT2D eigenvalue weighted by Crippen LogP contribution is -2.45. The summed E-state index contributed by atoms with van der Waals surface area (Å²) in [7, 11) is 1.32. The van der Waals surface area contributed by atoms with Gasteiger partial charge in [0.2, 0.25) is 0 Å². The number of carbonyl (C=O) groups is 4. The number of nitrogens with one attached hydrogen (secondary N) is 1. The number of nitrogens with zero attached hydrogens (tertiary/aromatic N) is 2. The minimum Gasteiger partial charge on any atom is -0.495 e. The van der Waals surface area contributed by atoms with E-state index in [1.54, 1.807) is 12.1 Å². The van der Waals surface area contributed by atoms with Crippen LogP contribution in [-0.2, 0) is 14.3 Å². The maximum atomic E-state index is 12.5. The predicted octanol–water partition coefficient (Wildman–Crippen LogP) is 2.16. The van der Waals surface area contributed by atoms with Crippen LogP contribution in [-0.4, -0.2) is 52.8 Å². The van der Waals surface area contributed by atoms with E-state index in [9.17, 15) is 29.3 Å². The van der Waals surface area contributed by atoms with E-state index < -0.39 is 40.8 Å². The predicted molar refractivity (Wildman–Crippen MR) is 110 cm³/mol. The minimum absolute atomic E-state index is 0.0167. The van der Waals surface area contributed by atoms with Crippen LogP contribution < -0.4 is 10.1 Å². The van der Waals surface area contributed by atoms with Crippen LogP contribution in [0.4, 0.5) is 11.4 Å². The van der Waals surface area contributed by atoms with Crippen molar-refractivity contribution in [1.82, 2.24) is 4.90 Å². The number of nitro groups is 1. The molecule has 1 N–H and O–H groups in total. The summed E-state index contributed by atoms with van der Waals surface area (Å²) in [6.07, 6.45) is -1.33. The SMILES string of the molecule is COc1ccc([N+](=O)[O-])cc1NC(=O)[C@H](C)OC(=O)[C@@H](C)N1C(=O)c2ccccc2C1=O. The Morgan fingerprint density at radius 3 is 2.19 bits per heavy atom. The molecule has 0 aliphatic carbocycles. The van der Waals surface area contributed by atoms with Gasteiger partial charge < -0.3 is 14.8 Å². The van der Waals surface area contributed by atoms with Gasteiger partial charge in [0.1, 0.15) is 11.8 Å². The van der Waals surface area contributed by atoms with E-state index in [1.165, 1.54) is 45.2 Å². The first-order valence-electron chi connectivity index (χ1n) is 9.46. The van der Waals surface area contributed by atoms with Crippen LogP contribution in [0.2, 0.25) is 0 Å². The van der Waals surface area contributed by atoms with E-state index >= 15 is 0 Å². The van der Waals surface area contributed by atoms with E-state index in [0.717, 1.165) is 11.0 Å². The van der Waals surface area contributed by atoms with Crippen molar-refractivity contribution in [2.24, 2.45) is 0 Å². The van der Waals surface area contributed by atoms with Crippen LogP contribution in [0.25, 0.3) is 0 Å². The number of rotatable bonds is 7. The summed E-state index contributed by atoms with van der Waals surface area (Å²) in [6, 6.07) is 8.52. The monoisotopic (exact) mass is 441 g/mol. The lowest BCUT2D eigenvalue weighted by atomic mass is 10.1. The molecule has 0 radical (unpaired) electrons. The number of methoxy groups -OCH3 is 1. The van der Waals surface area contributed by atoms with Gasteiger partial charge >= 0.3 is 5.97 Å². The van der Waals surface area contributed by atoms with Crippen molar-refractivity contribution >= 4 is 35.1 Å². The number of benzene rings is 2. The molecule has 0 aromatic heterocycles. The van der Waals surface area contributed by atoms with Gasteiger partial charge in [-0.25, -0.2) is 4.79 Å². The highest BCUT2D eigenvalue weighted by molar-refractivity contribution is 6.22. The van der Waals surface area contributed by atoms with Crippen molar-refractivity contribution in [3.63, 3.8) is 0 Å². The number of esters is 1. The van der Waals surface area contributed by atoms with Gasteiger partial charge in [0.15, 0.2) is 6.10 Å². The lowest BCUT2D eigenvalue weighted by molar-refractivity contribution is -0.384. The zero-order valence-corrected chi connectivity index (χ0v) is 17.4. The van der Waals surface area contributed by atoms with Crippen molar-refractivity contribution in [1.29, 1.82) is 0 Å². The Hall–Kier alpha value is -4.28. The van der Waals surface area contributed by atoms with Crippen LogP contribution >= 0.6 is 0 Å². The molecule has 2 aromatic carbocycles. The van der Waals surface area contributed by atoms with Gasteiger partial charge in [0, 0.05) is 12.1 Å². The molecule has 0 bridgehead atoms. The molecule has 1 aliphatic rings. The summed E-state index contributed by atoms with van der Waals surface area (Å²) in [6.45, 7) is 2.60. The molecular formula is C21H19N3O8. The van der Waals surface area contributed by atoms with Crippen LogP contribution in [0.15, 0.2) is 42.5 Å². The smallest absolute Gasteiger partial charge is 0.329 e. The Kier molecular flexibility index (Phi) is 6.19. The molecule has 0 saturated heterocycles. The van der Waals surface area contributed by atoms with Gasteiger partial charge in [-0.1, -0.05) is 12.1 Å². The molecule has 2 aromatic rings. The van der Waals surface area contributed by atoms with Gasteiger partial charge in [-0.3, -0.25) is 29.4 Å². The van der Waals surface area contributed by atoms with Crippen molar-refractivity contribution in [2.45, 2.75) is 26.0 Å². The number of imide groups is 1. The Morgan fingerprint density at radius 1 is 1.06 bits per heavy atom. The van der Waals surface area contributed by atoms with Gasteiger partial charge in [0.05, 0.1) is 28.8 Å². The van der Waals surface area contributed by atoms with Gasteiger partial charge in [-0.05, 0) is 32.0 Å². The first kappa shape index (κ1) is 22.4. The maximum Gasteiger partial charge on any atom is 0.329 e. The van der Waals surface area contributed by atoms with Gasteiger partial charge in [-0.2, -0.15) is 0 Å². The third-order valence-electron chi connectivity index (χ3n) is 4.87. The fourth-order valence-corrected chi connectivity index (χ4v) is 3.13. The molecule has 1 heterocycles. The highest BCUT2D eigenvalue weighted by Gasteiger charge is 2.41. The normalized spacial score (nSPS) is 14.4. The summed E-state index contributed by atoms with van der Waals surface area (Å²) in [4.78, 5) is 61.2. The van der Waals surface area contributed by atoms with Crippen LogP contribution in [0.5, 0.6) is 5.75 Å². The quantitative estimate of drug-likeness (QED) is 0.298.